The molecule has 0 aromatic rings. The third-order valence-electron chi connectivity index (χ3n) is 4.85. The Kier molecular flexibility index (Phi) is 5.01. The van der Waals surface area contributed by atoms with E-state index in [9.17, 15) is 0 Å². The van der Waals surface area contributed by atoms with Gasteiger partial charge < -0.3 is 15.2 Å². The van der Waals surface area contributed by atoms with Crippen LogP contribution in [0.5, 0.6) is 0 Å². The Morgan fingerprint density at radius 3 is 2.61 bits per heavy atom. The number of nitrogens with two attached hydrogens (primary N) is 1. The third kappa shape index (κ3) is 2.87. The van der Waals surface area contributed by atoms with Crippen molar-refractivity contribution >= 4 is 0 Å². The van der Waals surface area contributed by atoms with Gasteiger partial charge in [0.05, 0.1) is 6.10 Å². The number of rotatable bonds is 4. The molecule has 4 nitrogen and oxygen atoms in total. The maximum absolute atomic E-state index is 6.13. The Hall–Kier alpha value is -0.160. The second-order valence-corrected chi connectivity index (χ2v) is 5.74. The second-order valence-electron chi connectivity index (χ2n) is 5.74. The molecular formula is C14H28N2O2. The van der Waals surface area contributed by atoms with Crippen LogP contribution in [0.3, 0.4) is 0 Å². The summed E-state index contributed by atoms with van der Waals surface area (Å²) >= 11 is 0. The van der Waals surface area contributed by atoms with Crippen molar-refractivity contribution in [2.75, 3.05) is 33.4 Å². The van der Waals surface area contributed by atoms with Gasteiger partial charge in [-0.2, -0.15) is 0 Å². The zero-order valence-corrected chi connectivity index (χ0v) is 11.9. The first-order chi connectivity index (χ1) is 8.72. The van der Waals surface area contributed by atoms with E-state index in [4.69, 9.17) is 15.2 Å². The smallest absolute Gasteiger partial charge is 0.0590 e. The molecular weight excluding hydrogens is 228 g/mol. The summed E-state index contributed by atoms with van der Waals surface area (Å²) in [7, 11) is 2.25. The highest BCUT2D eigenvalue weighted by atomic mass is 16.5. The first-order valence-electron chi connectivity index (χ1n) is 7.34. The Labute approximate surface area is 111 Å². The van der Waals surface area contributed by atoms with Gasteiger partial charge in [-0.1, -0.05) is 6.92 Å². The topological polar surface area (TPSA) is 47.7 Å². The summed E-state index contributed by atoms with van der Waals surface area (Å²) in [5, 5.41) is 0. The lowest BCUT2D eigenvalue weighted by molar-refractivity contribution is -0.0880. The average Bonchev–Trinajstić information content (AvgIpc) is 2.47. The van der Waals surface area contributed by atoms with Gasteiger partial charge in [0.25, 0.3) is 0 Å². The summed E-state index contributed by atoms with van der Waals surface area (Å²) in [6.45, 7) is 5.57. The molecule has 2 saturated heterocycles. The van der Waals surface area contributed by atoms with Crippen LogP contribution in [0.15, 0.2) is 0 Å². The molecule has 0 bridgehead atoms. The molecule has 2 aliphatic rings. The molecule has 0 spiro atoms. The molecule has 0 radical (unpaired) electrons. The summed E-state index contributed by atoms with van der Waals surface area (Å²) in [5.41, 5.74) is 6.27. The van der Waals surface area contributed by atoms with Crippen LogP contribution in [0.1, 0.15) is 39.0 Å². The Morgan fingerprint density at radius 1 is 1.28 bits per heavy atom. The van der Waals surface area contributed by atoms with E-state index in [1.807, 2.05) is 0 Å². The summed E-state index contributed by atoms with van der Waals surface area (Å²) in [5.74, 6) is 0. The van der Waals surface area contributed by atoms with Crippen LogP contribution in [-0.2, 0) is 9.47 Å². The number of hydrogen-bond donors (Lipinski definition) is 1. The van der Waals surface area contributed by atoms with Crippen LogP contribution in [0.2, 0.25) is 0 Å². The monoisotopic (exact) mass is 256 g/mol. The molecule has 18 heavy (non-hydrogen) atoms. The van der Waals surface area contributed by atoms with Crippen molar-refractivity contribution in [1.29, 1.82) is 0 Å². The van der Waals surface area contributed by atoms with Crippen LogP contribution in [0.25, 0.3) is 0 Å². The zero-order chi connectivity index (χ0) is 13.0. The maximum atomic E-state index is 6.13. The standard InChI is InChI=1S/C14H28N2O2/c1-3-13-10-14(11-15,6-9-18-13)16(2)12-4-7-17-8-5-12/h12-13H,3-11,15H2,1-2H3. The largest absolute Gasteiger partial charge is 0.381 e. The Balaban J connectivity index is 2.04. The summed E-state index contributed by atoms with van der Waals surface area (Å²) in [6, 6.07) is 0.623. The fourth-order valence-corrected chi connectivity index (χ4v) is 3.37. The molecule has 4 heteroatoms. The van der Waals surface area contributed by atoms with Crippen molar-refractivity contribution in [2.24, 2.45) is 5.73 Å². The lowest BCUT2D eigenvalue weighted by atomic mass is 9.82. The SMILES string of the molecule is CCC1CC(CN)(N(C)C2CCOCC2)CCO1. The molecule has 0 aliphatic carbocycles. The first-order valence-corrected chi connectivity index (χ1v) is 7.34. The fourth-order valence-electron chi connectivity index (χ4n) is 3.37. The molecule has 2 fully saturated rings. The van der Waals surface area contributed by atoms with E-state index in [2.05, 4.69) is 18.9 Å². The summed E-state index contributed by atoms with van der Waals surface area (Å²) < 4.78 is 11.3. The highest BCUT2D eigenvalue weighted by Gasteiger charge is 2.41. The lowest BCUT2D eigenvalue weighted by Gasteiger charge is -2.50. The molecule has 2 heterocycles. The van der Waals surface area contributed by atoms with Gasteiger partial charge in [0.2, 0.25) is 0 Å². The van der Waals surface area contributed by atoms with Gasteiger partial charge in [-0.15, -0.1) is 0 Å². The molecule has 106 valence electrons. The summed E-state index contributed by atoms with van der Waals surface area (Å²) in [6.07, 6.45) is 5.88. The molecule has 2 aliphatic heterocycles. The highest BCUT2D eigenvalue weighted by molar-refractivity contribution is 4.97. The number of hydrogen-bond acceptors (Lipinski definition) is 4. The zero-order valence-electron chi connectivity index (χ0n) is 11.9. The second kappa shape index (κ2) is 6.33. The van der Waals surface area contributed by atoms with Gasteiger partial charge in [-0.25, -0.2) is 0 Å². The van der Waals surface area contributed by atoms with Gasteiger partial charge in [0, 0.05) is 37.9 Å². The van der Waals surface area contributed by atoms with Crippen molar-refractivity contribution in [3.8, 4) is 0 Å². The minimum absolute atomic E-state index is 0.140. The Bertz CT molecular complexity index is 256. The molecule has 0 aromatic heterocycles. The highest BCUT2D eigenvalue weighted by Crippen LogP contribution is 2.33. The minimum Gasteiger partial charge on any atom is -0.381 e. The van der Waals surface area contributed by atoms with E-state index >= 15 is 0 Å². The molecule has 2 rings (SSSR count). The fraction of sp³-hybridized carbons (Fsp3) is 1.00. The van der Waals surface area contributed by atoms with Crippen molar-refractivity contribution in [3.63, 3.8) is 0 Å². The molecule has 0 saturated carbocycles. The predicted molar refractivity (Wildman–Crippen MR) is 72.7 cm³/mol. The van der Waals surface area contributed by atoms with Crippen LogP contribution >= 0.6 is 0 Å². The van der Waals surface area contributed by atoms with Crippen LogP contribution in [0, 0.1) is 0 Å². The quantitative estimate of drug-likeness (QED) is 0.825. The van der Waals surface area contributed by atoms with Gasteiger partial charge in [0.1, 0.15) is 0 Å². The van der Waals surface area contributed by atoms with E-state index < -0.39 is 0 Å². The Morgan fingerprint density at radius 2 is 2.00 bits per heavy atom. The number of nitrogens with zero attached hydrogens (tertiary/aromatic N) is 1. The minimum atomic E-state index is 0.140. The van der Waals surface area contributed by atoms with Gasteiger partial charge in [0.15, 0.2) is 0 Å². The average molecular weight is 256 g/mol. The van der Waals surface area contributed by atoms with Crippen molar-refractivity contribution in [1.82, 2.24) is 4.90 Å². The molecule has 0 aromatic carbocycles. The molecule has 2 N–H and O–H groups in total. The summed E-state index contributed by atoms with van der Waals surface area (Å²) in [4.78, 5) is 2.54. The van der Waals surface area contributed by atoms with Gasteiger partial charge >= 0.3 is 0 Å². The van der Waals surface area contributed by atoms with Gasteiger partial charge in [-0.3, -0.25) is 4.90 Å². The maximum Gasteiger partial charge on any atom is 0.0590 e. The predicted octanol–water partition coefficient (Wildman–Crippen LogP) is 1.38. The van der Waals surface area contributed by atoms with Crippen molar-refractivity contribution < 1.29 is 9.47 Å². The van der Waals surface area contributed by atoms with E-state index in [1.165, 1.54) is 0 Å². The van der Waals surface area contributed by atoms with E-state index in [-0.39, 0.29) is 5.54 Å². The number of ether oxygens (including phenoxy) is 2. The molecule has 0 amide bonds. The first kappa shape index (κ1) is 14.3. The van der Waals surface area contributed by atoms with Crippen molar-refractivity contribution in [3.05, 3.63) is 0 Å². The number of likely N-dealkylation sites (N-methyl/N-ethyl adjacent to an activating group) is 1. The third-order valence-corrected chi connectivity index (χ3v) is 4.85. The van der Waals surface area contributed by atoms with E-state index in [0.717, 1.165) is 58.5 Å². The van der Waals surface area contributed by atoms with Crippen LogP contribution in [0.4, 0.5) is 0 Å². The normalized spacial score (nSPS) is 35.0. The molecule has 2 unspecified atom stereocenters. The molecule has 2 atom stereocenters. The van der Waals surface area contributed by atoms with Crippen LogP contribution in [-0.4, -0.2) is 56.0 Å². The van der Waals surface area contributed by atoms with E-state index in [0.29, 0.717) is 12.1 Å². The van der Waals surface area contributed by atoms with Gasteiger partial charge in [-0.05, 0) is 39.2 Å². The van der Waals surface area contributed by atoms with E-state index in [1.54, 1.807) is 0 Å². The lowest BCUT2D eigenvalue weighted by Crippen LogP contribution is -2.60. The van der Waals surface area contributed by atoms with Crippen molar-refractivity contribution in [2.45, 2.75) is 56.7 Å². The van der Waals surface area contributed by atoms with Crippen LogP contribution < -0.4 is 5.73 Å².